The third-order valence-electron chi connectivity index (χ3n) is 2.21. The van der Waals surface area contributed by atoms with E-state index in [1.807, 2.05) is 51.2 Å². The Balaban J connectivity index is 2.40. The third-order valence-corrected chi connectivity index (χ3v) is 2.21. The second-order valence-corrected chi connectivity index (χ2v) is 4.08. The Morgan fingerprint density at radius 1 is 1.25 bits per heavy atom. The van der Waals surface area contributed by atoms with Crippen LogP contribution in [0.5, 0.6) is 5.75 Å². The van der Waals surface area contributed by atoms with Crippen molar-refractivity contribution in [3.05, 3.63) is 36.2 Å². The van der Waals surface area contributed by atoms with Gasteiger partial charge in [-0.2, -0.15) is 0 Å². The van der Waals surface area contributed by atoms with Gasteiger partial charge in [0.05, 0.1) is 11.7 Å². The van der Waals surface area contributed by atoms with Crippen LogP contribution in [0.1, 0.15) is 19.5 Å². The highest BCUT2D eigenvalue weighted by Gasteiger charge is 2.09. The van der Waals surface area contributed by atoms with Crippen molar-refractivity contribution in [2.45, 2.75) is 26.9 Å². The second kappa shape index (κ2) is 4.39. The van der Waals surface area contributed by atoms with Gasteiger partial charge in [-0.05, 0) is 32.9 Å². The summed E-state index contributed by atoms with van der Waals surface area (Å²) in [6, 6.07) is 7.93. The molecule has 0 aliphatic rings. The molecule has 3 nitrogen and oxygen atoms in total. The van der Waals surface area contributed by atoms with E-state index >= 15 is 0 Å². The SMILES string of the molecule is Cc1cnc(-c2ccccc2OC(C)C)[nH]1. The average Bonchev–Trinajstić information content (AvgIpc) is 2.65. The first-order valence-electron chi connectivity index (χ1n) is 5.44. The van der Waals surface area contributed by atoms with Crippen LogP contribution in [0.2, 0.25) is 0 Å². The molecule has 0 amide bonds. The highest BCUT2D eigenvalue weighted by Crippen LogP contribution is 2.28. The average molecular weight is 216 g/mol. The summed E-state index contributed by atoms with van der Waals surface area (Å²) in [5, 5.41) is 0. The molecule has 3 heteroatoms. The lowest BCUT2D eigenvalue weighted by atomic mass is 10.2. The van der Waals surface area contributed by atoms with Gasteiger partial charge in [0.25, 0.3) is 0 Å². The Labute approximate surface area is 95.5 Å². The van der Waals surface area contributed by atoms with Gasteiger partial charge in [0.1, 0.15) is 11.6 Å². The number of imidazole rings is 1. The van der Waals surface area contributed by atoms with E-state index in [9.17, 15) is 0 Å². The standard InChI is InChI=1S/C13H16N2O/c1-9(2)16-12-7-5-4-6-11(12)13-14-8-10(3)15-13/h4-9H,1-3H3,(H,14,15). The number of hydrogen-bond donors (Lipinski definition) is 1. The minimum atomic E-state index is 0.164. The van der Waals surface area contributed by atoms with E-state index in [1.54, 1.807) is 0 Å². The molecule has 1 N–H and O–H groups in total. The lowest BCUT2D eigenvalue weighted by Gasteiger charge is -2.12. The summed E-state index contributed by atoms with van der Waals surface area (Å²) in [6.07, 6.45) is 1.99. The number of ether oxygens (including phenoxy) is 1. The Morgan fingerprint density at radius 2 is 2.00 bits per heavy atom. The van der Waals surface area contributed by atoms with Crippen LogP contribution in [0.3, 0.4) is 0 Å². The minimum Gasteiger partial charge on any atom is -0.490 e. The molecule has 2 aromatic rings. The van der Waals surface area contributed by atoms with Gasteiger partial charge in [0, 0.05) is 11.9 Å². The van der Waals surface area contributed by atoms with Crippen molar-refractivity contribution in [3.8, 4) is 17.1 Å². The number of aromatic nitrogens is 2. The molecule has 0 saturated heterocycles. The maximum absolute atomic E-state index is 5.75. The van der Waals surface area contributed by atoms with Gasteiger partial charge in [-0.1, -0.05) is 12.1 Å². The van der Waals surface area contributed by atoms with Crippen LogP contribution in [0.15, 0.2) is 30.5 Å². The van der Waals surface area contributed by atoms with Crippen molar-refractivity contribution < 1.29 is 4.74 Å². The molecule has 0 unspecified atom stereocenters. The van der Waals surface area contributed by atoms with Crippen molar-refractivity contribution in [1.82, 2.24) is 9.97 Å². The molecule has 0 aliphatic carbocycles. The first-order valence-corrected chi connectivity index (χ1v) is 5.44. The smallest absolute Gasteiger partial charge is 0.141 e. The molecule has 0 bridgehead atoms. The first-order chi connectivity index (χ1) is 7.66. The number of rotatable bonds is 3. The number of benzene rings is 1. The van der Waals surface area contributed by atoms with E-state index in [0.29, 0.717) is 0 Å². The monoisotopic (exact) mass is 216 g/mol. The molecule has 84 valence electrons. The fourth-order valence-corrected chi connectivity index (χ4v) is 1.57. The maximum atomic E-state index is 5.75. The summed E-state index contributed by atoms with van der Waals surface area (Å²) in [5.74, 6) is 1.72. The zero-order chi connectivity index (χ0) is 11.5. The van der Waals surface area contributed by atoms with Gasteiger partial charge in [-0.25, -0.2) is 4.98 Å². The molecular weight excluding hydrogens is 200 g/mol. The molecule has 0 spiro atoms. The Hall–Kier alpha value is -1.77. The van der Waals surface area contributed by atoms with Crippen LogP contribution in [-0.4, -0.2) is 16.1 Å². The van der Waals surface area contributed by atoms with E-state index in [1.165, 1.54) is 0 Å². The first kappa shape index (κ1) is 10.7. The van der Waals surface area contributed by atoms with Crippen molar-refractivity contribution >= 4 is 0 Å². The maximum Gasteiger partial charge on any atom is 0.141 e. The predicted molar refractivity (Wildman–Crippen MR) is 64.5 cm³/mol. The van der Waals surface area contributed by atoms with Crippen LogP contribution >= 0.6 is 0 Å². The van der Waals surface area contributed by atoms with Gasteiger partial charge >= 0.3 is 0 Å². The summed E-state index contributed by atoms with van der Waals surface area (Å²) in [7, 11) is 0. The van der Waals surface area contributed by atoms with Crippen molar-refractivity contribution in [2.75, 3.05) is 0 Å². The zero-order valence-electron chi connectivity index (χ0n) is 9.82. The zero-order valence-corrected chi connectivity index (χ0v) is 9.82. The lowest BCUT2D eigenvalue weighted by Crippen LogP contribution is -2.06. The van der Waals surface area contributed by atoms with E-state index in [-0.39, 0.29) is 6.10 Å². The number of hydrogen-bond acceptors (Lipinski definition) is 2. The topological polar surface area (TPSA) is 37.9 Å². The largest absolute Gasteiger partial charge is 0.490 e. The summed E-state index contributed by atoms with van der Waals surface area (Å²) in [6.45, 7) is 6.02. The number of nitrogens with zero attached hydrogens (tertiary/aromatic N) is 1. The number of H-pyrrole nitrogens is 1. The molecule has 16 heavy (non-hydrogen) atoms. The third kappa shape index (κ3) is 2.24. The van der Waals surface area contributed by atoms with Crippen LogP contribution in [0.25, 0.3) is 11.4 Å². The van der Waals surface area contributed by atoms with Crippen LogP contribution in [0.4, 0.5) is 0 Å². The predicted octanol–water partition coefficient (Wildman–Crippen LogP) is 3.17. The van der Waals surface area contributed by atoms with Gasteiger partial charge in [-0.3, -0.25) is 0 Å². The summed E-state index contributed by atoms with van der Waals surface area (Å²) >= 11 is 0. The molecular formula is C13H16N2O. The second-order valence-electron chi connectivity index (χ2n) is 4.08. The van der Waals surface area contributed by atoms with Crippen LogP contribution in [-0.2, 0) is 0 Å². The molecule has 0 aliphatic heterocycles. The van der Waals surface area contributed by atoms with Crippen molar-refractivity contribution in [2.24, 2.45) is 0 Å². The Kier molecular flexibility index (Phi) is 2.95. The van der Waals surface area contributed by atoms with Gasteiger partial charge in [0.2, 0.25) is 0 Å². The number of para-hydroxylation sites is 1. The highest BCUT2D eigenvalue weighted by molar-refractivity contribution is 5.64. The quantitative estimate of drug-likeness (QED) is 0.855. The van der Waals surface area contributed by atoms with E-state index in [2.05, 4.69) is 9.97 Å². The molecule has 0 atom stereocenters. The molecule has 2 rings (SSSR count). The Morgan fingerprint density at radius 3 is 2.62 bits per heavy atom. The highest BCUT2D eigenvalue weighted by atomic mass is 16.5. The summed E-state index contributed by atoms with van der Waals surface area (Å²) in [5.41, 5.74) is 2.05. The van der Waals surface area contributed by atoms with Gasteiger partial charge in [0.15, 0.2) is 0 Å². The number of aryl methyl sites for hydroxylation is 1. The fourth-order valence-electron chi connectivity index (χ4n) is 1.57. The minimum absolute atomic E-state index is 0.164. The summed E-state index contributed by atoms with van der Waals surface area (Å²) < 4.78 is 5.75. The van der Waals surface area contributed by atoms with Crippen LogP contribution < -0.4 is 4.74 Å². The van der Waals surface area contributed by atoms with Gasteiger partial charge < -0.3 is 9.72 Å². The normalized spacial score (nSPS) is 10.8. The van der Waals surface area contributed by atoms with Crippen LogP contribution in [0, 0.1) is 6.92 Å². The van der Waals surface area contributed by atoms with Crippen molar-refractivity contribution in [1.29, 1.82) is 0 Å². The van der Waals surface area contributed by atoms with E-state index < -0.39 is 0 Å². The number of aromatic amines is 1. The molecule has 0 saturated carbocycles. The Bertz CT molecular complexity index is 474. The van der Waals surface area contributed by atoms with E-state index in [0.717, 1.165) is 22.8 Å². The molecule has 1 aromatic heterocycles. The molecule has 1 heterocycles. The summed E-state index contributed by atoms with van der Waals surface area (Å²) in [4.78, 5) is 7.53. The van der Waals surface area contributed by atoms with Gasteiger partial charge in [-0.15, -0.1) is 0 Å². The molecule has 1 aromatic carbocycles. The molecule has 0 fully saturated rings. The van der Waals surface area contributed by atoms with E-state index in [4.69, 9.17) is 4.74 Å². The lowest BCUT2D eigenvalue weighted by molar-refractivity contribution is 0.243. The number of nitrogens with one attached hydrogen (secondary N) is 1. The van der Waals surface area contributed by atoms with Crippen molar-refractivity contribution in [3.63, 3.8) is 0 Å². The molecule has 0 radical (unpaired) electrons. The fraction of sp³-hybridized carbons (Fsp3) is 0.308.